The van der Waals surface area contributed by atoms with E-state index >= 15 is 0 Å². The van der Waals surface area contributed by atoms with Gasteiger partial charge in [0.1, 0.15) is 5.75 Å². The number of hydrogen-bond acceptors (Lipinski definition) is 3. The van der Waals surface area contributed by atoms with E-state index in [1.807, 2.05) is 31.3 Å². The molecule has 1 aromatic rings. The summed E-state index contributed by atoms with van der Waals surface area (Å²) in [7, 11) is 0. The van der Waals surface area contributed by atoms with Gasteiger partial charge in [0.25, 0.3) is 0 Å². The van der Waals surface area contributed by atoms with Gasteiger partial charge < -0.3 is 20.1 Å². The highest BCUT2D eigenvalue weighted by Crippen LogP contribution is 2.39. The lowest BCUT2D eigenvalue weighted by Crippen LogP contribution is -2.54. The molecule has 1 atom stereocenters. The molecule has 7 heteroatoms. The van der Waals surface area contributed by atoms with Crippen molar-refractivity contribution >= 4 is 23.6 Å². The fourth-order valence-corrected chi connectivity index (χ4v) is 3.86. The third-order valence-corrected chi connectivity index (χ3v) is 5.62. The van der Waals surface area contributed by atoms with Crippen molar-refractivity contribution in [2.75, 3.05) is 13.2 Å². The highest BCUT2D eigenvalue weighted by Gasteiger charge is 2.39. The number of carboxylic acids is 1. The molecule has 1 aliphatic rings. The van der Waals surface area contributed by atoms with Crippen molar-refractivity contribution in [3.05, 3.63) is 40.6 Å². The summed E-state index contributed by atoms with van der Waals surface area (Å²) in [5.74, 6) is -0.00943. The molecule has 1 heterocycles. The number of carbonyl (C=O) groups excluding carboxylic acids is 1. The van der Waals surface area contributed by atoms with E-state index in [9.17, 15) is 9.59 Å². The van der Waals surface area contributed by atoms with Crippen LogP contribution in [0.4, 0.5) is 4.79 Å². The average molecular weight is 451 g/mol. The number of benzene rings is 1. The van der Waals surface area contributed by atoms with Gasteiger partial charge in [-0.25, -0.2) is 4.79 Å². The monoisotopic (exact) mass is 450 g/mol. The van der Waals surface area contributed by atoms with Crippen molar-refractivity contribution < 1.29 is 19.4 Å². The van der Waals surface area contributed by atoms with E-state index in [0.717, 1.165) is 11.1 Å². The number of rotatable bonds is 9. The van der Waals surface area contributed by atoms with E-state index in [1.54, 1.807) is 4.90 Å². The van der Waals surface area contributed by atoms with Gasteiger partial charge in [-0.05, 0) is 54.4 Å². The molecule has 6 nitrogen and oxygen atoms in total. The molecule has 1 unspecified atom stereocenters. The van der Waals surface area contributed by atoms with Crippen molar-refractivity contribution in [3.8, 4) is 5.75 Å². The number of halogens is 1. The van der Waals surface area contributed by atoms with Gasteiger partial charge in [-0.1, -0.05) is 52.3 Å². The zero-order valence-corrected chi connectivity index (χ0v) is 20.2. The predicted molar refractivity (Wildman–Crippen MR) is 123 cm³/mol. The van der Waals surface area contributed by atoms with Crippen LogP contribution in [0.25, 0.3) is 0 Å². The minimum Gasteiger partial charge on any atom is -0.491 e. The molecular weight excluding hydrogens is 416 g/mol. The number of amides is 2. The number of unbranched alkanes of at least 4 members (excludes halogenated alkanes) is 1. The summed E-state index contributed by atoms with van der Waals surface area (Å²) in [5, 5.41) is 12.5. The van der Waals surface area contributed by atoms with Crippen molar-refractivity contribution in [2.45, 2.75) is 66.3 Å². The van der Waals surface area contributed by atoms with Gasteiger partial charge >= 0.3 is 12.0 Å². The Kier molecular flexibility index (Phi) is 8.04. The second kappa shape index (κ2) is 9.94. The summed E-state index contributed by atoms with van der Waals surface area (Å²) in [4.78, 5) is 25.2. The summed E-state index contributed by atoms with van der Waals surface area (Å²) in [5.41, 5.74) is 1.27. The number of aliphatic carboxylic acids is 1. The van der Waals surface area contributed by atoms with Gasteiger partial charge in [0.05, 0.1) is 17.2 Å². The van der Waals surface area contributed by atoms with Gasteiger partial charge in [-0.3, -0.25) is 4.79 Å². The first-order valence-corrected chi connectivity index (χ1v) is 11.2. The number of ether oxygens (including phenoxy) is 1. The van der Waals surface area contributed by atoms with Crippen LogP contribution in [0.5, 0.6) is 5.75 Å². The number of nitrogens with one attached hydrogen (secondary N) is 1. The maximum atomic E-state index is 12.8. The first-order valence-electron chi connectivity index (χ1n) is 10.8. The standard InChI is InChI=1S/C24H35ClN2O4/c1-16(2)18-14-27(12-8-7-9-21(28)29)22(30)26-24(18,6)17-10-11-20(19(25)13-17)31-15-23(3,4)5/h10-11,13-14,16H,7-9,12,15H2,1-6H3,(H,26,30)(H,28,29). The fraction of sp³-hybridized carbons (Fsp3) is 0.583. The van der Waals surface area contributed by atoms with E-state index in [4.69, 9.17) is 21.4 Å². The zero-order chi connectivity index (χ0) is 23.4. The average Bonchev–Trinajstić information content (AvgIpc) is 2.64. The minimum absolute atomic E-state index is 0.0206. The minimum atomic E-state index is -0.819. The van der Waals surface area contributed by atoms with Crippen LogP contribution in [-0.4, -0.2) is 35.2 Å². The summed E-state index contributed by atoms with van der Waals surface area (Å²) in [6.07, 6.45) is 3.18. The maximum Gasteiger partial charge on any atom is 0.322 e. The smallest absolute Gasteiger partial charge is 0.322 e. The van der Waals surface area contributed by atoms with Crippen molar-refractivity contribution in [2.24, 2.45) is 11.3 Å². The van der Waals surface area contributed by atoms with Gasteiger partial charge in [-0.15, -0.1) is 0 Å². The Labute approximate surface area is 190 Å². The number of carboxylic acid groups (broad SMARTS) is 1. The van der Waals surface area contributed by atoms with Crippen LogP contribution in [0.2, 0.25) is 5.02 Å². The molecule has 0 spiro atoms. The van der Waals surface area contributed by atoms with Crippen LogP contribution in [-0.2, 0) is 10.3 Å². The van der Waals surface area contributed by atoms with E-state index < -0.39 is 11.5 Å². The van der Waals surface area contributed by atoms with Crippen molar-refractivity contribution in [3.63, 3.8) is 0 Å². The van der Waals surface area contributed by atoms with E-state index in [-0.39, 0.29) is 23.8 Å². The normalized spacial score (nSPS) is 19.3. The maximum absolute atomic E-state index is 12.8. The molecule has 1 aliphatic heterocycles. The fourth-order valence-electron chi connectivity index (χ4n) is 3.63. The molecule has 172 valence electrons. The van der Waals surface area contributed by atoms with Gasteiger partial charge in [0.15, 0.2) is 0 Å². The lowest BCUT2D eigenvalue weighted by atomic mass is 9.78. The van der Waals surface area contributed by atoms with Crippen LogP contribution >= 0.6 is 11.6 Å². The molecule has 1 aromatic carbocycles. The van der Waals surface area contributed by atoms with Crippen LogP contribution in [0, 0.1) is 11.3 Å². The van der Waals surface area contributed by atoms with Crippen molar-refractivity contribution in [1.82, 2.24) is 10.2 Å². The Bertz CT molecular complexity index is 844. The van der Waals surface area contributed by atoms with Gasteiger partial charge in [0.2, 0.25) is 0 Å². The highest BCUT2D eigenvalue weighted by atomic mass is 35.5. The molecular formula is C24H35ClN2O4. The molecule has 2 rings (SSSR count). The zero-order valence-electron chi connectivity index (χ0n) is 19.4. The lowest BCUT2D eigenvalue weighted by molar-refractivity contribution is -0.137. The summed E-state index contributed by atoms with van der Waals surface area (Å²) in [6.45, 7) is 13.5. The number of nitrogens with zero attached hydrogens (tertiary/aromatic N) is 1. The first kappa shape index (κ1) is 25.1. The topological polar surface area (TPSA) is 78.9 Å². The Morgan fingerprint density at radius 3 is 2.52 bits per heavy atom. The molecule has 31 heavy (non-hydrogen) atoms. The highest BCUT2D eigenvalue weighted by molar-refractivity contribution is 6.32. The predicted octanol–water partition coefficient (Wildman–Crippen LogP) is 5.80. The Morgan fingerprint density at radius 1 is 1.29 bits per heavy atom. The van der Waals surface area contributed by atoms with E-state index in [2.05, 4.69) is 39.9 Å². The molecule has 0 aromatic heterocycles. The molecule has 2 N–H and O–H groups in total. The SMILES string of the molecule is CC(C)C1=CN(CCCCC(=O)O)C(=O)NC1(C)c1ccc(OCC(C)(C)C)c(Cl)c1. The number of hydrogen-bond donors (Lipinski definition) is 2. The van der Waals surface area contributed by atoms with Crippen molar-refractivity contribution in [1.29, 1.82) is 0 Å². The second-order valence-corrected chi connectivity index (χ2v) is 10.2. The van der Waals surface area contributed by atoms with Gasteiger partial charge in [-0.2, -0.15) is 0 Å². The van der Waals surface area contributed by atoms with Crippen LogP contribution in [0.3, 0.4) is 0 Å². The first-order chi connectivity index (χ1) is 14.3. The second-order valence-electron chi connectivity index (χ2n) is 9.83. The summed E-state index contributed by atoms with van der Waals surface area (Å²) in [6, 6.07) is 5.46. The van der Waals surface area contributed by atoms with Crippen LogP contribution in [0.1, 0.15) is 66.4 Å². The van der Waals surface area contributed by atoms with E-state index in [0.29, 0.717) is 36.8 Å². The molecule has 2 amide bonds. The molecule has 0 radical (unpaired) electrons. The van der Waals surface area contributed by atoms with E-state index in [1.165, 1.54) is 0 Å². The molecule has 0 bridgehead atoms. The molecule has 0 saturated carbocycles. The Hall–Kier alpha value is -2.21. The number of carbonyl (C=O) groups is 2. The quantitative estimate of drug-likeness (QED) is 0.466. The largest absolute Gasteiger partial charge is 0.491 e. The van der Waals surface area contributed by atoms with Crippen LogP contribution < -0.4 is 10.1 Å². The van der Waals surface area contributed by atoms with Gasteiger partial charge in [0, 0.05) is 19.2 Å². The third kappa shape index (κ3) is 6.63. The molecule has 0 saturated heterocycles. The molecule has 0 fully saturated rings. The summed E-state index contributed by atoms with van der Waals surface area (Å²) < 4.78 is 5.88. The lowest BCUT2D eigenvalue weighted by Gasteiger charge is -2.42. The Balaban J connectivity index is 2.26. The molecule has 0 aliphatic carbocycles. The Morgan fingerprint density at radius 2 is 1.97 bits per heavy atom. The van der Waals surface area contributed by atoms with Crippen LogP contribution in [0.15, 0.2) is 30.0 Å². The number of urea groups is 1. The third-order valence-electron chi connectivity index (χ3n) is 5.32. The summed E-state index contributed by atoms with van der Waals surface area (Å²) >= 11 is 6.53.